The van der Waals surface area contributed by atoms with Gasteiger partial charge >= 0.3 is 5.97 Å². The van der Waals surface area contributed by atoms with Crippen molar-refractivity contribution in [1.29, 1.82) is 0 Å². The van der Waals surface area contributed by atoms with Crippen LogP contribution in [0.1, 0.15) is 12.0 Å². The van der Waals surface area contributed by atoms with Crippen LogP contribution in [0.5, 0.6) is 5.75 Å². The molecule has 0 aromatic heterocycles. The van der Waals surface area contributed by atoms with Crippen molar-refractivity contribution in [3.63, 3.8) is 0 Å². The Labute approximate surface area is 98.4 Å². The van der Waals surface area contributed by atoms with Gasteiger partial charge in [-0.15, -0.1) is 0 Å². The summed E-state index contributed by atoms with van der Waals surface area (Å²) in [7, 11) is 0. The SMILES string of the molecule is O=C(O)CC1=NCC(Cc2ccc(O)cc2)O1. The standard InChI is InChI=1S/C12H13NO4/c14-9-3-1-8(2-4-9)5-10-7-13-11(17-10)6-12(15)16/h1-4,10,14H,5-7H2,(H,15,16). The van der Waals surface area contributed by atoms with Gasteiger partial charge in [0.2, 0.25) is 0 Å². The summed E-state index contributed by atoms with van der Waals surface area (Å²) >= 11 is 0. The summed E-state index contributed by atoms with van der Waals surface area (Å²) in [6, 6.07) is 6.86. The van der Waals surface area contributed by atoms with E-state index in [1.165, 1.54) is 0 Å². The van der Waals surface area contributed by atoms with E-state index in [0.29, 0.717) is 18.9 Å². The highest BCUT2D eigenvalue weighted by Crippen LogP contribution is 2.16. The molecule has 1 aromatic rings. The molecule has 90 valence electrons. The minimum atomic E-state index is -0.936. The second-order valence-corrected chi connectivity index (χ2v) is 3.92. The third-order valence-electron chi connectivity index (χ3n) is 2.48. The molecule has 2 rings (SSSR count). The van der Waals surface area contributed by atoms with Gasteiger partial charge in [0.05, 0.1) is 6.54 Å². The molecule has 1 aromatic carbocycles. The third-order valence-corrected chi connectivity index (χ3v) is 2.48. The molecule has 5 heteroatoms. The second-order valence-electron chi connectivity index (χ2n) is 3.92. The third kappa shape index (κ3) is 3.21. The van der Waals surface area contributed by atoms with Crippen LogP contribution in [0.15, 0.2) is 29.3 Å². The van der Waals surface area contributed by atoms with Gasteiger partial charge in [-0.2, -0.15) is 0 Å². The molecule has 2 N–H and O–H groups in total. The Kier molecular flexibility index (Phi) is 3.27. The summed E-state index contributed by atoms with van der Waals surface area (Å²) in [6.45, 7) is 0.490. The van der Waals surface area contributed by atoms with Crippen LogP contribution in [0.25, 0.3) is 0 Å². The van der Waals surface area contributed by atoms with Crippen molar-refractivity contribution < 1.29 is 19.7 Å². The Bertz CT molecular complexity index is 438. The average molecular weight is 235 g/mol. The maximum Gasteiger partial charge on any atom is 0.312 e. The lowest BCUT2D eigenvalue weighted by molar-refractivity contribution is -0.135. The van der Waals surface area contributed by atoms with Crippen molar-refractivity contribution in [2.75, 3.05) is 6.54 Å². The Morgan fingerprint density at radius 2 is 2.12 bits per heavy atom. The first kappa shape index (κ1) is 11.4. The zero-order valence-electron chi connectivity index (χ0n) is 9.17. The number of phenolic OH excluding ortho intramolecular Hbond substituents is 1. The quantitative estimate of drug-likeness (QED) is 0.822. The van der Waals surface area contributed by atoms with Crippen LogP contribution < -0.4 is 0 Å². The molecule has 0 saturated carbocycles. The number of aliphatic carboxylic acids is 1. The summed E-state index contributed by atoms with van der Waals surface area (Å²) in [4.78, 5) is 14.5. The van der Waals surface area contributed by atoms with E-state index in [1.54, 1.807) is 12.1 Å². The van der Waals surface area contributed by atoms with Crippen molar-refractivity contribution in [3.05, 3.63) is 29.8 Å². The highest BCUT2D eigenvalue weighted by atomic mass is 16.5. The van der Waals surface area contributed by atoms with Crippen molar-refractivity contribution in [2.24, 2.45) is 4.99 Å². The molecule has 0 saturated heterocycles. The smallest absolute Gasteiger partial charge is 0.312 e. The van der Waals surface area contributed by atoms with E-state index in [2.05, 4.69) is 4.99 Å². The molecule has 1 heterocycles. The molecule has 0 radical (unpaired) electrons. The summed E-state index contributed by atoms with van der Waals surface area (Å²) < 4.78 is 5.41. The van der Waals surface area contributed by atoms with Crippen molar-refractivity contribution in [2.45, 2.75) is 18.9 Å². The van der Waals surface area contributed by atoms with Crippen LogP contribution in [0, 0.1) is 0 Å². The van der Waals surface area contributed by atoms with Crippen molar-refractivity contribution >= 4 is 11.9 Å². The van der Waals surface area contributed by atoms with E-state index in [0.717, 1.165) is 5.56 Å². The second kappa shape index (κ2) is 4.86. The number of carbonyl (C=O) groups is 1. The first-order valence-corrected chi connectivity index (χ1v) is 5.33. The zero-order valence-corrected chi connectivity index (χ0v) is 9.17. The number of phenols is 1. The van der Waals surface area contributed by atoms with Crippen LogP contribution in [-0.4, -0.2) is 34.7 Å². The number of rotatable bonds is 4. The topological polar surface area (TPSA) is 79.1 Å². The number of hydrogen-bond donors (Lipinski definition) is 2. The number of carboxylic acids is 1. The van der Waals surface area contributed by atoms with Gasteiger partial charge in [0.15, 0.2) is 5.90 Å². The molecule has 0 bridgehead atoms. The fourth-order valence-electron chi connectivity index (χ4n) is 1.70. The maximum absolute atomic E-state index is 10.5. The summed E-state index contributed by atoms with van der Waals surface area (Å²) in [5.74, 6) is -0.417. The lowest BCUT2D eigenvalue weighted by Gasteiger charge is -2.10. The van der Waals surface area contributed by atoms with E-state index < -0.39 is 5.97 Å². The van der Waals surface area contributed by atoms with Gasteiger partial charge in [-0.3, -0.25) is 9.79 Å². The highest BCUT2D eigenvalue weighted by molar-refractivity contribution is 5.94. The largest absolute Gasteiger partial charge is 0.508 e. The van der Waals surface area contributed by atoms with E-state index >= 15 is 0 Å². The molecule has 0 fully saturated rings. The monoisotopic (exact) mass is 235 g/mol. The Hall–Kier alpha value is -2.04. The number of nitrogens with zero attached hydrogens (tertiary/aromatic N) is 1. The number of ether oxygens (including phenoxy) is 1. The molecule has 17 heavy (non-hydrogen) atoms. The summed E-state index contributed by atoms with van der Waals surface area (Å²) in [6.07, 6.45) is 0.396. The fraction of sp³-hybridized carbons (Fsp3) is 0.333. The first-order chi connectivity index (χ1) is 8.13. The molecular weight excluding hydrogens is 222 g/mol. The predicted molar refractivity (Wildman–Crippen MR) is 61.2 cm³/mol. The number of benzene rings is 1. The molecule has 1 unspecified atom stereocenters. The van der Waals surface area contributed by atoms with E-state index in [9.17, 15) is 4.79 Å². The van der Waals surface area contributed by atoms with E-state index in [1.807, 2.05) is 12.1 Å². The molecule has 0 aliphatic carbocycles. The first-order valence-electron chi connectivity index (χ1n) is 5.33. The van der Waals surface area contributed by atoms with Gasteiger partial charge in [0.25, 0.3) is 0 Å². The van der Waals surface area contributed by atoms with Crippen LogP contribution in [-0.2, 0) is 16.0 Å². The van der Waals surface area contributed by atoms with E-state index in [4.69, 9.17) is 14.9 Å². The van der Waals surface area contributed by atoms with Gasteiger partial charge in [0, 0.05) is 6.42 Å². The lowest BCUT2D eigenvalue weighted by Crippen LogP contribution is -2.17. The van der Waals surface area contributed by atoms with Gasteiger partial charge in [0.1, 0.15) is 18.3 Å². The Morgan fingerprint density at radius 1 is 1.41 bits per heavy atom. The van der Waals surface area contributed by atoms with Crippen LogP contribution in [0.4, 0.5) is 0 Å². The zero-order chi connectivity index (χ0) is 12.3. The molecule has 1 aliphatic rings. The highest BCUT2D eigenvalue weighted by Gasteiger charge is 2.21. The molecule has 5 nitrogen and oxygen atoms in total. The normalized spacial score (nSPS) is 18.6. The van der Waals surface area contributed by atoms with E-state index in [-0.39, 0.29) is 18.3 Å². The van der Waals surface area contributed by atoms with Gasteiger partial charge in [-0.05, 0) is 17.7 Å². The van der Waals surface area contributed by atoms with Crippen LogP contribution >= 0.6 is 0 Å². The lowest BCUT2D eigenvalue weighted by atomic mass is 10.1. The molecular formula is C12H13NO4. The Balaban J connectivity index is 1.87. The summed E-state index contributed by atoms with van der Waals surface area (Å²) in [5, 5.41) is 17.7. The molecule has 0 amide bonds. The molecule has 1 atom stereocenters. The fourth-order valence-corrected chi connectivity index (χ4v) is 1.70. The average Bonchev–Trinajstić information content (AvgIpc) is 2.68. The van der Waals surface area contributed by atoms with Crippen molar-refractivity contribution in [3.8, 4) is 5.75 Å². The number of hydrogen-bond acceptors (Lipinski definition) is 4. The Morgan fingerprint density at radius 3 is 2.76 bits per heavy atom. The van der Waals surface area contributed by atoms with Gasteiger partial charge in [-0.1, -0.05) is 12.1 Å². The summed E-state index contributed by atoms with van der Waals surface area (Å²) in [5.41, 5.74) is 1.03. The van der Waals surface area contributed by atoms with Crippen molar-refractivity contribution in [1.82, 2.24) is 0 Å². The van der Waals surface area contributed by atoms with Gasteiger partial charge < -0.3 is 14.9 Å². The van der Waals surface area contributed by atoms with Gasteiger partial charge in [-0.25, -0.2) is 0 Å². The molecule has 1 aliphatic heterocycles. The predicted octanol–water partition coefficient (Wildman–Crippen LogP) is 1.21. The maximum atomic E-state index is 10.5. The number of carboxylic acid groups (broad SMARTS) is 1. The number of aromatic hydroxyl groups is 1. The van der Waals surface area contributed by atoms with Crippen LogP contribution in [0.2, 0.25) is 0 Å². The van der Waals surface area contributed by atoms with Crippen LogP contribution in [0.3, 0.4) is 0 Å². The minimum absolute atomic E-state index is 0.103. The number of aliphatic imine (C=N–C) groups is 1. The molecule has 0 spiro atoms. The minimum Gasteiger partial charge on any atom is -0.508 e.